The van der Waals surface area contributed by atoms with E-state index in [-0.39, 0.29) is 12.4 Å². The van der Waals surface area contributed by atoms with Gasteiger partial charge in [0.25, 0.3) is 0 Å². The molecule has 0 bridgehead atoms. The maximum atomic E-state index is 6.13. The molecule has 18 heavy (non-hydrogen) atoms. The average molecular weight is 284 g/mol. The minimum absolute atomic E-state index is 0. The molecule has 0 spiro atoms. The van der Waals surface area contributed by atoms with Crippen molar-refractivity contribution in [1.29, 1.82) is 0 Å². The van der Waals surface area contributed by atoms with Gasteiger partial charge >= 0.3 is 0 Å². The molecule has 0 saturated carbocycles. The molecule has 2 rings (SSSR count). The molecule has 0 atom stereocenters. The predicted octanol–water partition coefficient (Wildman–Crippen LogP) is 3.29. The van der Waals surface area contributed by atoms with Gasteiger partial charge in [-0.2, -0.15) is 0 Å². The van der Waals surface area contributed by atoms with E-state index in [4.69, 9.17) is 17.3 Å². The molecule has 0 unspecified atom stereocenters. The third-order valence-corrected chi connectivity index (χ3v) is 3.07. The van der Waals surface area contributed by atoms with E-state index < -0.39 is 0 Å². The van der Waals surface area contributed by atoms with Gasteiger partial charge in [0.2, 0.25) is 0 Å². The van der Waals surface area contributed by atoms with Crippen molar-refractivity contribution in [2.45, 2.75) is 20.4 Å². The Kier molecular flexibility index (Phi) is 5.08. The molecule has 96 valence electrons. The normalized spacial score (nSPS) is 10.0. The van der Waals surface area contributed by atoms with E-state index in [1.54, 1.807) is 0 Å². The highest BCUT2D eigenvalue weighted by Crippen LogP contribution is 2.25. The molecular formula is C13H15Cl2N3. The second-order valence-electron chi connectivity index (χ2n) is 3.88. The summed E-state index contributed by atoms with van der Waals surface area (Å²) in [6.07, 6.45) is 0. The van der Waals surface area contributed by atoms with Crippen LogP contribution in [-0.2, 0) is 6.54 Å². The maximum absolute atomic E-state index is 6.13. The molecular weight excluding hydrogens is 269 g/mol. The molecule has 0 aliphatic rings. The number of aryl methyl sites for hydroxylation is 2. The lowest BCUT2D eigenvalue weighted by Crippen LogP contribution is -2.07. The first kappa shape index (κ1) is 14.9. The summed E-state index contributed by atoms with van der Waals surface area (Å²) in [6.45, 7) is 4.34. The number of rotatable bonds is 2. The summed E-state index contributed by atoms with van der Waals surface area (Å²) in [4.78, 5) is 8.92. The van der Waals surface area contributed by atoms with Gasteiger partial charge in [-0.15, -0.1) is 12.4 Å². The molecule has 1 aromatic carbocycles. The van der Waals surface area contributed by atoms with Gasteiger partial charge in [0.1, 0.15) is 0 Å². The second kappa shape index (κ2) is 6.14. The van der Waals surface area contributed by atoms with Crippen LogP contribution in [0, 0.1) is 13.8 Å². The number of benzene rings is 1. The number of halogens is 2. The highest BCUT2D eigenvalue weighted by atomic mass is 35.5. The van der Waals surface area contributed by atoms with Gasteiger partial charge in [-0.25, -0.2) is 9.97 Å². The van der Waals surface area contributed by atoms with Gasteiger partial charge in [-0.1, -0.05) is 23.7 Å². The van der Waals surface area contributed by atoms with Crippen molar-refractivity contribution in [3.8, 4) is 11.4 Å². The Labute approximate surface area is 118 Å². The molecule has 0 amide bonds. The van der Waals surface area contributed by atoms with E-state index in [0.717, 1.165) is 22.5 Å². The van der Waals surface area contributed by atoms with Crippen LogP contribution in [0.15, 0.2) is 24.3 Å². The summed E-state index contributed by atoms with van der Waals surface area (Å²) in [5.41, 5.74) is 9.34. The Morgan fingerprint density at radius 1 is 1.11 bits per heavy atom. The van der Waals surface area contributed by atoms with Crippen molar-refractivity contribution in [2.75, 3.05) is 0 Å². The number of hydrogen-bond donors (Lipinski definition) is 1. The zero-order valence-electron chi connectivity index (χ0n) is 10.3. The predicted molar refractivity (Wildman–Crippen MR) is 77.1 cm³/mol. The van der Waals surface area contributed by atoms with Gasteiger partial charge in [0.15, 0.2) is 5.82 Å². The number of nitrogens with zero attached hydrogens (tertiary/aromatic N) is 2. The van der Waals surface area contributed by atoms with Crippen LogP contribution in [-0.4, -0.2) is 9.97 Å². The van der Waals surface area contributed by atoms with Crippen molar-refractivity contribution in [3.63, 3.8) is 0 Å². The summed E-state index contributed by atoms with van der Waals surface area (Å²) in [5, 5.41) is 0.659. The molecule has 1 aromatic heterocycles. The largest absolute Gasteiger partial charge is 0.326 e. The SMILES string of the molecule is Cc1nc(-c2ccccc2Cl)nc(C)c1CN.Cl. The molecule has 0 aliphatic heterocycles. The first-order valence-electron chi connectivity index (χ1n) is 5.42. The minimum atomic E-state index is 0. The third-order valence-electron chi connectivity index (χ3n) is 2.74. The van der Waals surface area contributed by atoms with E-state index in [1.165, 1.54) is 0 Å². The van der Waals surface area contributed by atoms with Gasteiger partial charge in [-0.05, 0) is 26.0 Å². The highest BCUT2D eigenvalue weighted by Gasteiger charge is 2.10. The van der Waals surface area contributed by atoms with E-state index >= 15 is 0 Å². The lowest BCUT2D eigenvalue weighted by Gasteiger charge is -2.09. The molecule has 3 nitrogen and oxygen atoms in total. The number of hydrogen-bond acceptors (Lipinski definition) is 3. The zero-order valence-corrected chi connectivity index (χ0v) is 11.8. The van der Waals surface area contributed by atoms with Gasteiger partial charge < -0.3 is 5.73 Å². The van der Waals surface area contributed by atoms with Crippen LogP contribution in [0.5, 0.6) is 0 Å². The van der Waals surface area contributed by atoms with Crippen molar-refractivity contribution >= 4 is 24.0 Å². The monoisotopic (exact) mass is 283 g/mol. The smallest absolute Gasteiger partial charge is 0.161 e. The Morgan fingerprint density at radius 2 is 1.67 bits per heavy atom. The Bertz CT molecular complexity index is 533. The minimum Gasteiger partial charge on any atom is -0.326 e. The summed E-state index contributed by atoms with van der Waals surface area (Å²) in [7, 11) is 0. The molecule has 2 aromatic rings. The molecule has 0 saturated heterocycles. The fourth-order valence-corrected chi connectivity index (χ4v) is 2.02. The van der Waals surface area contributed by atoms with Crippen LogP contribution in [0.25, 0.3) is 11.4 Å². The van der Waals surface area contributed by atoms with Crippen LogP contribution >= 0.6 is 24.0 Å². The topological polar surface area (TPSA) is 51.8 Å². The van der Waals surface area contributed by atoms with Crippen LogP contribution in [0.3, 0.4) is 0 Å². The quantitative estimate of drug-likeness (QED) is 0.920. The van der Waals surface area contributed by atoms with Crippen LogP contribution in [0.4, 0.5) is 0 Å². The molecule has 2 N–H and O–H groups in total. The highest BCUT2D eigenvalue weighted by molar-refractivity contribution is 6.33. The Balaban J connectivity index is 0.00000162. The lowest BCUT2D eigenvalue weighted by atomic mass is 10.1. The van der Waals surface area contributed by atoms with E-state index in [9.17, 15) is 0 Å². The molecule has 1 heterocycles. The van der Waals surface area contributed by atoms with Crippen LogP contribution in [0.2, 0.25) is 5.02 Å². The molecule has 0 radical (unpaired) electrons. The zero-order chi connectivity index (χ0) is 12.4. The van der Waals surface area contributed by atoms with Crippen molar-refractivity contribution in [3.05, 3.63) is 46.2 Å². The molecule has 5 heteroatoms. The Morgan fingerprint density at radius 3 is 2.17 bits per heavy atom. The maximum Gasteiger partial charge on any atom is 0.161 e. The van der Waals surface area contributed by atoms with Crippen molar-refractivity contribution < 1.29 is 0 Å². The van der Waals surface area contributed by atoms with Crippen LogP contribution < -0.4 is 5.73 Å². The average Bonchev–Trinajstić information content (AvgIpc) is 2.29. The number of nitrogens with two attached hydrogens (primary N) is 1. The summed E-state index contributed by atoms with van der Waals surface area (Å²) < 4.78 is 0. The third kappa shape index (κ3) is 2.80. The molecule has 0 fully saturated rings. The fourth-order valence-electron chi connectivity index (χ4n) is 1.80. The van der Waals surface area contributed by atoms with Gasteiger partial charge in [0.05, 0.1) is 5.02 Å². The van der Waals surface area contributed by atoms with Crippen molar-refractivity contribution in [1.82, 2.24) is 9.97 Å². The van der Waals surface area contributed by atoms with E-state index in [0.29, 0.717) is 17.4 Å². The lowest BCUT2D eigenvalue weighted by molar-refractivity contribution is 0.939. The fraction of sp³-hybridized carbons (Fsp3) is 0.231. The standard InChI is InChI=1S/C13H14ClN3.ClH/c1-8-11(7-15)9(2)17-13(16-8)10-5-3-4-6-12(10)14;/h3-6H,7,15H2,1-2H3;1H. The first-order chi connectivity index (χ1) is 8.13. The van der Waals surface area contributed by atoms with Crippen LogP contribution in [0.1, 0.15) is 17.0 Å². The summed E-state index contributed by atoms with van der Waals surface area (Å²) in [6, 6.07) is 7.56. The first-order valence-corrected chi connectivity index (χ1v) is 5.80. The van der Waals surface area contributed by atoms with Gasteiger partial charge in [0, 0.05) is 29.1 Å². The van der Waals surface area contributed by atoms with E-state index in [1.807, 2.05) is 38.1 Å². The summed E-state index contributed by atoms with van der Waals surface area (Å²) >= 11 is 6.13. The van der Waals surface area contributed by atoms with Gasteiger partial charge in [-0.3, -0.25) is 0 Å². The van der Waals surface area contributed by atoms with E-state index in [2.05, 4.69) is 9.97 Å². The summed E-state index contributed by atoms with van der Waals surface area (Å²) in [5.74, 6) is 0.655. The molecule has 0 aliphatic carbocycles. The number of aromatic nitrogens is 2. The second-order valence-corrected chi connectivity index (χ2v) is 4.29. The Hall–Kier alpha value is -1.16. The van der Waals surface area contributed by atoms with Crippen molar-refractivity contribution in [2.24, 2.45) is 5.73 Å².